The van der Waals surface area contributed by atoms with Crippen LogP contribution in [-0.2, 0) is 0 Å². The SMILES string of the molecule is CC12CCCN1CC(c1ccccc1)N2. The first-order valence-electron chi connectivity index (χ1n) is 5.86. The molecule has 15 heavy (non-hydrogen) atoms. The summed E-state index contributed by atoms with van der Waals surface area (Å²) in [4.78, 5) is 2.59. The summed E-state index contributed by atoms with van der Waals surface area (Å²) in [5.74, 6) is 0. The van der Waals surface area contributed by atoms with Crippen molar-refractivity contribution in [3.05, 3.63) is 35.9 Å². The average Bonchev–Trinajstić information content (AvgIpc) is 2.74. The third-order valence-corrected chi connectivity index (χ3v) is 3.88. The maximum Gasteiger partial charge on any atom is 0.0689 e. The molecule has 2 fully saturated rings. The number of rotatable bonds is 1. The van der Waals surface area contributed by atoms with Gasteiger partial charge >= 0.3 is 0 Å². The smallest absolute Gasteiger partial charge is 0.0689 e. The molecule has 2 aliphatic rings. The Labute approximate surface area is 91.3 Å². The predicted octanol–water partition coefficient (Wildman–Crippen LogP) is 2.14. The average molecular weight is 202 g/mol. The van der Waals surface area contributed by atoms with Crippen LogP contribution in [0.4, 0.5) is 0 Å². The lowest BCUT2D eigenvalue weighted by atomic mass is 10.1. The van der Waals surface area contributed by atoms with Gasteiger partial charge in [0.15, 0.2) is 0 Å². The van der Waals surface area contributed by atoms with E-state index >= 15 is 0 Å². The van der Waals surface area contributed by atoms with Gasteiger partial charge in [-0.05, 0) is 25.3 Å². The Kier molecular flexibility index (Phi) is 2.08. The van der Waals surface area contributed by atoms with Crippen LogP contribution in [0.3, 0.4) is 0 Å². The van der Waals surface area contributed by atoms with Gasteiger partial charge < -0.3 is 0 Å². The third-order valence-electron chi connectivity index (χ3n) is 3.88. The molecule has 3 rings (SSSR count). The molecule has 2 aliphatic heterocycles. The number of benzene rings is 1. The van der Waals surface area contributed by atoms with E-state index in [1.54, 1.807) is 0 Å². The van der Waals surface area contributed by atoms with Crippen LogP contribution in [0.5, 0.6) is 0 Å². The van der Waals surface area contributed by atoms with Crippen molar-refractivity contribution in [1.82, 2.24) is 10.2 Å². The standard InChI is InChI=1S/C13H18N2/c1-13-8-5-9-15(13)10-12(14-13)11-6-3-2-4-7-11/h2-4,6-7,12,14H,5,8-10H2,1H3. The van der Waals surface area contributed by atoms with Gasteiger partial charge in [-0.15, -0.1) is 0 Å². The lowest BCUT2D eigenvalue weighted by Gasteiger charge is -2.26. The van der Waals surface area contributed by atoms with Crippen LogP contribution >= 0.6 is 0 Å². The van der Waals surface area contributed by atoms with Gasteiger partial charge in [-0.3, -0.25) is 10.2 Å². The molecule has 80 valence electrons. The Morgan fingerprint density at radius 3 is 2.87 bits per heavy atom. The van der Waals surface area contributed by atoms with E-state index in [0.29, 0.717) is 6.04 Å². The lowest BCUT2D eigenvalue weighted by molar-refractivity contribution is 0.197. The van der Waals surface area contributed by atoms with Crippen LogP contribution in [0, 0.1) is 0 Å². The van der Waals surface area contributed by atoms with E-state index in [0.717, 1.165) is 0 Å². The van der Waals surface area contributed by atoms with Crippen molar-refractivity contribution in [2.75, 3.05) is 13.1 Å². The summed E-state index contributed by atoms with van der Waals surface area (Å²) < 4.78 is 0. The number of nitrogens with zero attached hydrogens (tertiary/aromatic N) is 1. The molecule has 2 saturated heterocycles. The molecular weight excluding hydrogens is 184 g/mol. The first-order valence-corrected chi connectivity index (χ1v) is 5.86. The Hall–Kier alpha value is -0.860. The minimum atomic E-state index is 0.264. The van der Waals surface area contributed by atoms with Gasteiger partial charge in [-0.25, -0.2) is 0 Å². The molecule has 0 spiro atoms. The first kappa shape index (κ1) is 9.37. The van der Waals surface area contributed by atoms with Gasteiger partial charge in [0.1, 0.15) is 0 Å². The fraction of sp³-hybridized carbons (Fsp3) is 0.538. The summed E-state index contributed by atoms with van der Waals surface area (Å²) >= 11 is 0. The van der Waals surface area contributed by atoms with Crippen molar-refractivity contribution < 1.29 is 0 Å². The van der Waals surface area contributed by atoms with Gasteiger partial charge in [0, 0.05) is 19.1 Å². The highest BCUT2D eigenvalue weighted by Gasteiger charge is 2.44. The summed E-state index contributed by atoms with van der Waals surface area (Å²) in [6.45, 7) is 4.76. The zero-order valence-corrected chi connectivity index (χ0v) is 9.24. The van der Waals surface area contributed by atoms with Gasteiger partial charge in [-0.2, -0.15) is 0 Å². The van der Waals surface area contributed by atoms with E-state index in [2.05, 4.69) is 47.5 Å². The monoisotopic (exact) mass is 202 g/mol. The Morgan fingerprint density at radius 1 is 1.33 bits per heavy atom. The predicted molar refractivity (Wildman–Crippen MR) is 61.5 cm³/mol. The summed E-state index contributed by atoms with van der Waals surface area (Å²) in [5.41, 5.74) is 1.69. The van der Waals surface area contributed by atoms with E-state index in [-0.39, 0.29) is 5.66 Å². The number of fused-ring (bicyclic) bond motifs is 1. The summed E-state index contributed by atoms with van der Waals surface area (Å²) in [6, 6.07) is 11.3. The minimum absolute atomic E-state index is 0.264. The molecule has 0 saturated carbocycles. The largest absolute Gasteiger partial charge is 0.291 e. The molecule has 0 aliphatic carbocycles. The van der Waals surface area contributed by atoms with Gasteiger partial charge in [0.2, 0.25) is 0 Å². The Bertz CT molecular complexity index is 349. The zero-order chi connectivity index (χ0) is 10.3. The van der Waals surface area contributed by atoms with E-state index in [4.69, 9.17) is 0 Å². The minimum Gasteiger partial charge on any atom is -0.291 e. The number of hydrogen-bond donors (Lipinski definition) is 1. The highest BCUT2D eigenvalue weighted by Crippen LogP contribution is 2.36. The molecule has 0 aromatic heterocycles. The second-order valence-corrected chi connectivity index (χ2v) is 4.93. The molecule has 0 radical (unpaired) electrons. The van der Waals surface area contributed by atoms with E-state index in [1.807, 2.05) is 0 Å². The topological polar surface area (TPSA) is 15.3 Å². The highest BCUT2D eigenvalue weighted by molar-refractivity contribution is 5.22. The van der Waals surface area contributed by atoms with Crippen molar-refractivity contribution in [2.45, 2.75) is 31.5 Å². The first-order chi connectivity index (χ1) is 7.28. The van der Waals surface area contributed by atoms with Crippen LogP contribution in [-0.4, -0.2) is 23.7 Å². The molecule has 2 atom stereocenters. The summed E-state index contributed by atoms with van der Waals surface area (Å²) in [5, 5.41) is 3.77. The molecule has 2 unspecified atom stereocenters. The van der Waals surface area contributed by atoms with Crippen LogP contribution in [0.1, 0.15) is 31.4 Å². The number of nitrogens with one attached hydrogen (secondary N) is 1. The zero-order valence-electron chi connectivity index (χ0n) is 9.24. The van der Waals surface area contributed by atoms with Crippen molar-refractivity contribution in [2.24, 2.45) is 0 Å². The van der Waals surface area contributed by atoms with Crippen LogP contribution in [0.25, 0.3) is 0 Å². The van der Waals surface area contributed by atoms with Crippen molar-refractivity contribution in [3.63, 3.8) is 0 Å². The Balaban J connectivity index is 1.82. The maximum atomic E-state index is 3.77. The summed E-state index contributed by atoms with van der Waals surface area (Å²) in [7, 11) is 0. The molecule has 0 amide bonds. The molecule has 2 heteroatoms. The number of hydrogen-bond acceptors (Lipinski definition) is 2. The quantitative estimate of drug-likeness (QED) is 0.750. The van der Waals surface area contributed by atoms with E-state index in [9.17, 15) is 0 Å². The third kappa shape index (κ3) is 1.48. The molecule has 2 nitrogen and oxygen atoms in total. The maximum absolute atomic E-state index is 3.77. The molecular formula is C13H18N2. The van der Waals surface area contributed by atoms with E-state index < -0.39 is 0 Å². The van der Waals surface area contributed by atoms with Crippen molar-refractivity contribution >= 4 is 0 Å². The van der Waals surface area contributed by atoms with Crippen molar-refractivity contribution in [3.8, 4) is 0 Å². The second-order valence-electron chi connectivity index (χ2n) is 4.93. The van der Waals surface area contributed by atoms with Crippen LogP contribution in [0.15, 0.2) is 30.3 Å². The van der Waals surface area contributed by atoms with Gasteiger partial charge in [0.25, 0.3) is 0 Å². The van der Waals surface area contributed by atoms with Crippen molar-refractivity contribution in [1.29, 1.82) is 0 Å². The highest BCUT2D eigenvalue weighted by atomic mass is 15.4. The van der Waals surface area contributed by atoms with Gasteiger partial charge in [0.05, 0.1) is 5.66 Å². The lowest BCUT2D eigenvalue weighted by Crippen LogP contribution is -2.43. The molecule has 2 heterocycles. The second kappa shape index (κ2) is 3.32. The molecule has 0 bridgehead atoms. The normalized spacial score (nSPS) is 35.7. The van der Waals surface area contributed by atoms with E-state index in [1.165, 1.54) is 31.5 Å². The van der Waals surface area contributed by atoms with Gasteiger partial charge in [-0.1, -0.05) is 30.3 Å². The molecule has 1 aromatic carbocycles. The van der Waals surface area contributed by atoms with Crippen LogP contribution in [0.2, 0.25) is 0 Å². The fourth-order valence-corrected chi connectivity index (χ4v) is 2.99. The molecule has 1 aromatic rings. The fourth-order valence-electron chi connectivity index (χ4n) is 2.99. The summed E-state index contributed by atoms with van der Waals surface area (Å²) in [6.07, 6.45) is 2.63. The molecule has 1 N–H and O–H groups in total. The Morgan fingerprint density at radius 2 is 2.13 bits per heavy atom. The van der Waals surface area contributed by atoms with Crippen LogP contribution < -0.4 is 5.32 Å².